The Bertz CT molecular complexity index is 542. The lowest BCUT2D eigenvalue weighted by atomic mass is 9.63. The highest BCUT2D eigenvalue weighted by Gasteiger charge is 2.38. The molecule has 5 nitrogen and oxygen atoms in total. The van der Waals surface area contributed by atoms with Crippen molar-refractivity contribution < 1.29 is 4.92 Å². The minimum absolute atomic E-state index is 0.00303. The van der Waals surface area contributed by atoms with Crippen LogP contribution in [0, 0.1) is 20.9 Å². The number of nitro groups is 1. The number of hydrogen-bond donors (Lipinski definition) is 1. The van der Waals surface area contributed by atoms with Crippen LogP contribution in [-0.4, -0.2) is 15.9 Å². The number of anilines is 1. The highest BCUT2D eigenvalue weighted by Crippen LogP contribution is 2.46. The Morgan fingerprint density at radius 3 is 2.38 bits per heavy atom. The van der Waals surface area contributed by atoms with E-state index in [1.54, 1.807) is 0 Å². The molecule has 0 aromatic carbocycles. The first-order chi connectivity index (χ1) is 9.58. The first kappa shape index (κ1) is 16.2. The monoisotopic (exact) mass is 355 g/mol. The molecule has 1 N–H and O–H groups in total. The molecule has 21 heavy (non-hydrogen) atoms. The fraction of sp³-hybridized carbons (Fsp3) is 0.667. The van der Waals surface area contributed by atoms with Crippen molar-refractivity contribution in [2.75, 3.05) is 5.32 Å². The smallest absolute Gasteiger partial charge is 0.288 e. The Hall–Kier alpha value is -1.17. The Kier molecular flexibility index (Phi) is 4.29. The summed E-state index contributed by atoms with van der Waals surface area (Å²) in [7, 11) is 0. The summed E-state index contributed by atoms with van der Waals surface area (Å²) in [6, 6.07) is 1.82. The number of hydrogen-bond acceptors (Lipinski definition) is 4. The van der Waals surface area contributed by atoms with Gasteiger partial charge in [0.2, 0.25) is 0 Å². The molecule has 2 rings (SSSR count). The van der Waals surface area contributed by atoms with Crippen LogP contribution in [0.15, 0.2) is 16.7 Å². The van der Waals surface area contributed by atoms with Crippen molar-refractivity contribution in [1.82, 2.24) is 4.98 Å². The Morgan fingerprint density at radius 2 is 1.90 bits per heavy atom. The van der Waals surface area contributed by atoms with E-state index in [0.717, 1.165) is 12.8 Å². The van der Waals surface area contributed by atoms with Crippen LogP contribution in [0.4, 0.5) is 11.5 Å². The first-order valence-electron chi connectivity index (χ1n) is 7.14. The first-order valence-corrected chi connectivity index (χ1v) is 7.94. The fourth-order valence-corrected chi connectivity index (χ4v) is 4.23. The predicted molar refractivity (Wildman–Crippen MR) is 87.4 cm³/mol. The van der Waals surface area contributed by atoms with Gasteiger partial charge in [-0.3, -0.25) is 10.1 Å². The SMILES string of the molecule is CC1(C)CC(Nc2ncc([N+](=O)[O-])cc2Br)CC(C)(C)C1. The van der Waals surface area contributed by atoms with Crippen molar-refractivity contribution in [2.24, 2.45) is 10.8 Å². The highest BCUT2D eigenvalue weighted by molar-refractivity contribution is 9.10. The van der Waals surface area contributed by atoms with Crippen LogP contribution in [0.2, 0.25) is 0 Å². The third-order valence-electron chi connectivity index (χ3n) is 3.93. The molecule has 0 unspecified atom stereocenters. The zero-order valence-corrected chi connectivity index (χ0v) is 14.5. The van der Waals surface area contributed by atoms with E-state index >= 15 is 0 Å². The zero-order valence-electron chi connectivity index (χ0n) is 12.9. The molecule has 0 amide bonds. The van der Waals surface area contributed by atoms with Gasteiger partial charge in [0.25, 0.3) is 5.69 Å². The third kappa shape index (κ3) is 4.15. The summed E-state index contributed by atoms with van der Waals surface area (Å²) in [5, 5.41) is 14.2. The summed E-state index contributed by atoms with van der Waals surface area (Å²) in [6.07, 6.45) is 4.64. The lowest BCUT2D eigenvalue weighted by molar-refractivity contribution is -0.385. The van der Waals surface area contributed by atoms with Gasteiger partial charge in [-0.2, -0.15) is 0 Å². The number of pyridine rings is 1. The van der Waals surface area contributed by atoms with E-state index < -0.39 is 4.92 Å². The number of rotatable bonds is 3. The van der Waals surface area contributed by atoms with Crippen molar-refractivity contribution >= 4 is 27.4 Å². The molecule has 1 aliphatic rings. The minimum atomic E-state index is -0.436. The average Bonchev–Trinajstić information content (AvgIpc) is 2.27. The van der Waals surface area contributed by atoms with Gasteiger partial charge in [0.05, 0.1) is 9.40 Å². The summed E-state index contributed by atoms with van der Waals surface area (Å²) in [5.41, 5.74) is 0.566. The summed E-state index contributed by atoms with van der Waals surface area (Å²) < 4.78 is 0.637. The van der Waals surface area contributed by atoms with E-state index in [0.29, 0.717) is 16.3 Å². The van der Waals surface area contributed by atoms with Crippen LogP contribution in [0.1, 0.15) is 47.0 Å². The van der Waals surface area contributed by atoms with Crippen molar-refractivity contribution in [2.45, 2.75) is 53.0 Å². The number of aromatic nitrogens is 1. The molecule has 1 fully saturated rings. The largest absolute Gasteiger partial charge is 0.366 e. The lowest BCUT2D eigenvalue weighted by Crippen LogP contribution is -2.40. The average molecular weight is 356 g/mol. The van der Waals surface area contributed by atoms with Crippen LogP contribution in [0.25, 0.3) is 0 Å². The molecular formula is C15H22BrN3O2. The second-order valence-electron chi connectivity index (χ2n) is 7.54. The van der Waals surface area contributed by atoms with Gasteiger partial charge in [-0.15, -0.1) is 0 Å². The van der Waals surface area contributed by atoms with Gasteiger partial charge in [-0.05, 0) is 46.0 Å². The molecule has 6 heteroatoms. The van der Waals surface area contributed by atoms with Gasteiger partial charge in [-0.25, -0.2) is 4.98 Å². The van der Waals surface area contributed by atoms with Crippen LogP contribution in [-0.2, 0) is 0 Å². The van der Waals surface area contributed by atoms with Crippen LogP contribution in [0.5, 0.6) is 0 Å². The standard InChI is InChI=1S/C15H22BrN3O2/c1-14(2)6-10(7-15(3,4)9-14)18-13-12(16)5-11(8-17-13)19(20)21/h5,8,10H,6-7,9H2,1-4H3,(H,17,18). The Balaban J connectivity index is 2.16. The molecule has 0 atom stereocenters. The second kappa shape index (κ2) is 5.55. The molecule has 1 saturated carbocycles. The van der Waals surface area contributed by atoms with E-state index in [4.69, 9.17) is 0 Å². The van der Waals surface area contributed by atoms with Crippen molar-refractivity contribution in [3.05, 3.63) is 26.9 Å². The molecule has 1 aliphatic carbocycles. The van der Waals surface area contributed by atoms with Gasteiger partial charge in [-0.1, -0.05) is 27.7 Å². The van der Waals surface area contributed by atoms with E-state index in [9.17, 15) is 10.1 Å². The summed E-state index contributed by atoms with van der Waals surface area (Å²) in [4.78, 5) is 14.5. The molecular weight excluding hydrogens is 334 g/mol. The van der Waals surface area contributed by atoms with E-state index in [2.05, 4.69) is 53.9 Å². The molecule has 1 aromatic heterocycles. The van der Waals surface area contributed by atoms with Crippen LogP contribution >= 0.6 is 15.9 Å². The maximum absolute atomic E-state index is 10.7. The molecule has 0 saturated heterocycles. The van der Waals surface area contributed by atoms with Gasteiger partial charge >= 0.3 is 0 Å². The quantitative estimate of drug-likeness (QED) is 0.626. The topological polar surface area (TPSA) is 68.1 Å². The zero-order chi connectivity index (χ0) is 15.8. The van der Waals surface area contributed by atoms with Crippen molar-refractivity contribution in [1.29, 1.82) is 0 Å². The minimum Gasteiger partial charge on any atom is -0.366 e. The highest BCUT2D eigenvalue weighted by atomic mass is 79.9. The molecule has 1 aromatic rings. The van der Waals surface area contributed by atoms with Gasteiger partial charge in [0.15, 0.2) is 0 Å². The molecule has 1 heterocycles. The summed E-state index contributed by atoms with van der Waals surface area (Å²) in [6.45, 7) is 9.17. The number of halogens is 1. The van der Waals surface area contributed by atoms with Gasteiger partial charge < -0.3 is 5.32 Å². The van der Waals surface area contributed by atoms with Crippen molar-refractivity contribution in [3.63, 3.8) is 0 Å². The second-order valence-corrected chi connectivity index (χ2v) is 8.39. The summed E-state index contributed by atoms with van der Waals surface area (Å²) >= 11 is 3.37. The molecule has 116 valence electrons. The van der Waals surface area contributed by atoms with Crippen LogP contribution in [0.3, 0.4) is 0 Å². The maximum Gasteiger partial charge on any atom is 0.288 e. The normalized spacial score (nSPS) is 21.0. The van der Waals surface area contributed by atoms with E-state index in [-0.39, 0.29) is 16.5 Å². The Morgan fingerprint density at radius 1 is 1.33 bits per heavy atom. The maximum atomic E-state index is 10.7. The predicted octanol–water partition coefficient (Wildman–Crippen LogP) is 4.77. The van der Waals surface area contributed by atoms with Crippen molar-refractivity contribution in [3.8, 4) is 0 Å². The van der Waals surface area contributed by atoms with Crippen LogP contribution < -0.4 is 5.32 Å². The molecule has 0 radical (unpaired) electrons. The Labute approximate surface area is 133 Å². The van der Waals surface area contributed by atoms with Gasteiger partial charge in [0.1, 0.15) is 12.0 Å². The summed E-state index contributed by atoms with van der Waals surface area (Å²) in [5.74, 6) is 0.680. The van der Waals surface area contributed by atoms with E-state index in [1.165, 1.54) is 18.7 Å². The molecule has 0 bridgehead atoms. The van der Waals surface area contributed by atoms with Gasteiger partial charge in [0, 0.05) is 12.1 Å². The van der Waals surface area contributed by atoms with E-state index in [1.807, 2.05) is 0 Å². The number of nitrogens with one attached hydrogen (secondary N) is 1. The number of nitrogens with zero attached hydrogens (tertiary/aromatic N) is 2. The lowest BCUT2D eigenvalue weighted by Gasteiger charge is -2.45. The third-order valence-corrected chi connectivity index (χ3v) is 4.54. The fourth-order valence-electron chi connectivity index (χ4n) is 3.78. The molecule has 0 spiro atoms. The molecule has 0 aliphatic heterocycles.